The summed E-state index contributed by atoms with van der Waals surface area (Å²) >= 11 is 7.22. The van der Waals surface area contributed by atoms with E-state index in [2.05, 4.69) is 15.6 Å². The van der Waals surface area contributed by atoms with Crippen LogP contribution in [0.5, 0.6) is 0 Å². The predicted octanol–water partition coefficient (Wildman–Crippen LogP) is 2.82. The van der Waals surface area contributed by atoms with Gasteiger partial charge >= 0.3 is 12.0 Å². The number of aromatic nitrogens is 1. The zero-order valence-corrected chi connectivity index (χ0v) is 11.7. The molecular weight excluding hydrogens is 302 g/mol. The highest BCUT2D eigenvalue weighted by molar-refractivity contribution is 7.07. The predicted molar refractivity (Wildman–Crippen MR) is 76.4 cm³/mol. The van der Waals surface area contributed by atoms with Crippen molar-refractivity contribution < 1.29 is 14.7 Å². The second-order valence-corrected chi connectivity index (χ2v) is 4.94. The van der Waals surface area contributed by atoms with E-state index in [1.165, 1.54) is 29.5 Å². The van der Waals surface area contributed by atoms with Crippen LogP contribution in [0.3, 0.4) is 0 Å². The van der Waals surface area contributed by atoms with E-state index in [9.17, 15) is 9.59 Å². The summed E-state index contributed by atoms with van der Waals surface area (Å²) in [6.45, 7) is 0.262. The normalized spacial score (nSPS) is 10.1. The van der Waals surface area contributed by atoms with Crippen LogP contribution in [-0.4, -0.2) is 22.1 Å². The third kappa shape index (κ3) is 3.69. The monoisotopic (exact) mass is 311 g/mol. The molecule has 0 saturated carbocycles. The molecule has 0 atom stereocenters. The number of carboxylic acid groups (broad SMARTS) is 1. The summed E-state index contributed by atoms with van der Waals surface area (Å²) in [5.74, 6) is -1.14. The summed E-state index contributed by atoms with van der Waals surface area (Å²) in [6, 6.07) is 3.64. The third-order valence-corrected chi connectivity index (χ3v) is 3.24. The lowest BCUT2D eigenvalue weighted by atomic mass is 10.2. The van der Waals surface area contributed by atoms with Gasteiger partial charge in [-0.1, -0.05) is 11.6 Å². The Morgan fingerprint density at radius 1 is 1.40 bits per heavy atom. The van der Waals surface area contributed by atoms with E-state index in [0.29, 0.717) is 5.02 Å². The Morgan fingerprint density at radius 2 is 2.20 bits per heavy atom. The van der Waals surface area contributed by atoms with Crippen LogP contribution in [0.4, 0.5) is 10.5 Å². The first-order valence-electron chi connectivity index (χ1n) is 5.51. The van der Waals surface area contributed by atoms with Gasteiger partial charge in [0.1, 0.15) is 0 Å². The second kappa shape index (κ2) is 6.36. The summed E-state index contributed by atoms with van der Waals surface area (Å²) in [4.78, 5) is 26.8. The Bertz CT molecular complexity index is 631. The number of hydrogen-bond acceptors (Lipinski definition) is 4. The van der Waals surface area contributed by atoms with Gasteiger partial charge in [0.05, 0.1) is 29.0 Å². The van der Waals surface area contributed by atoms with Crippen molar-refractivity contribution in [1.29, 1.82) is 0 Å². The van der Waals surface area contributed by atoms with Crippen molar-refractivity contribution in [2.45, 2.75) is 6.54 Å². The summed E-state index contributed by atoms with van der Waals surface area (Å²) < 4.78 is 0. The molecule has 6 nitrogen and oxygen atoms in total. The maximum Gasteiger partial charge on any atom is 0.337 e. The maximum atomic E-state index is 11.7. The first-order chi connectivity index (χ1) is 9.56. The fourth-order valence-corrected chi connectivity index (χ4v) is 2.20. The molecule has 8 heteroatoms. The number of hydrogen-bond donors (Lipinski definition) is 3. The lowest BCUT2D eigenvalue weighted by molar-refractivity contribution is 0.0698. The van der Waals surface area contributed by atoms with Gasteiger partial charge in [0.2, 0.25) is 0 Å². The molecule has 0 fully saturated rings. The van der Waals surface area contributed by atoms with Gasteiger partial charge in [-0.05, 0) is 18.2 Å². The van der Waals surface area contributed by atoms with Crippen LogP contribution in [0.2, 0.25) is 5.02 Å². The molecule has 0 aliphatic heterocycles. The van der Waals surface area contributed by atoms with Gasteiger partial charge in [-0.15, -0.1) is 11.3 Å². The number of carbonyl (C=O) groups is 2. The highest BCUT2D eigenvalue weighted by Gasteiger charge is 2.12. The number of benzene rings is 1. The number of aromatic carboxylic acids is 1. The zero-order valence-electron chi connectivity index (χ0n) is 10.1. The fourth-order valence-electron chi connectivity index (χ4n) is 1.47. The maximum absolute atomic E-state index is 11.7. The number of thiazole rings is 1. The highest BCUT2D eigenvalue weighted by Crippen LogP contribution is 2.21. The average molecular weight is 312 g/mol. The molecule has 2 amide bonds. The number of anilines is 1. The van der Waals surface area contributed by atoms with Crippen LogP contribution in [0.25, 0.3) is 0 Å². The van der Waals surface area contributed by atoms with Gasteiger partial charge in [0.15, 0.2) is 0 Å². The Morgan fingerprint density at radius 3 is 2.85 bits per heavy atom. The average Bonchev–Trinajstić information content (AvgIpc) is 2.89. The van der Waals surface area contributed by atoms with E-state index >= 15 is 0 Å². The van der Waals surface area contributed by atoms with Gasteiger partial charge in [0.25, 0.3) is 0 Å². The van der Waals surface area contributed by atoms with Crippen LogP contribution in [0.15, 0.2) is 29.1 Å². The SMILES string of the molecule is O=C(NCc1cscn1)Nc1cc(Cl)ccc1C(=O)O. The second-order valence-electron chi connectivity index (χ2n) is 3.78. The first kappa shape index (κ1) is 14.3. The quantitative estimate of drug-likeness (QED) is 0.809. The summed E-state index contributed by atoms with van der Waals surface area (Å²) in [5.41, 5.74) is 2.50. The molecule has 0 aliphatic carbocycles. The molecule has 0 radical (unpaired) electrons. The van der Waals surface area contributed by atoms with Crippen molar-refractivity contribution in [3.8, 4) is 0 Å². The third-order valence-electron chi connectivity index (χ3n) is 2.37. The molecule has 1 aromatic carbocycles. The number of nitrogens with one attached hydrogen (secondary N) is 2. The molecular formula is C12H10ClN3O3S. The van der Waals surface area contributed by atoms with E-state index in [1.54, 1.807) is 5.51 Å². The first-order valence-corrected chi connectivity index (χ1v) is 6.83. The Labute approximate surface area is 123 Å². The number of urea groups is 1. The molecule has 2 rings (SSSR count). The lowest BCUT2D eigenvalue weighted by Crippen LogP contribution is -2.29. The molecule has 0 aliphatic rings. The molecule has 0 saturated heterocycles. The lowest BCUT2D eigenvalue weighted by Gasteiger charge is -2.09. The molecule has 2 aromatic rings. The van der Waals surface area contributed by atoms with Crippen molar-refractivity contribution in [2.24, 2.45) is 0 Å². The minimum absolute atomic E-state index is 0.0294. The summed E-state index contributed by atoms with van der Waals surface area (Å²) in [5, 5.41) is 16.2. The highest BCUT2D eigenvalue weighted by atomic mass is 35.5. The van der Waals surface area contributed by atoms with Crippen LogP contribution in [-0.2, 0) is 6.54 Å². The fraction of sp³-hybridized carbons (Fsp3) is 0.0833. The van der Waals surface area contributed by atoms with Crippen molar-refractivity contribution in [3.05, 3.63) is 45.4 Å². The zero-order chi connectivity index (χ0) is 14.5. The van der Waals surface area contributed by atoms with E-state index in [4.69, 9.17) is 16.7 Å². The summed E-state index contributed by atoms with van der Waals surface area (Å²) in [7, 11) is 0. The molecule has 104 valence electrons. The van der Waals surface area contributed by atoms with Crippen LogP contribution in [0, 0.1) is 0 Å². The minimum atomic E-state index is -1.14. The molecule has 3 N–H and O–H groups in total. The molecule has 0 bridgehead atoms. The molecule has 0 unspecified atom stereocenters. The van der Waals surface area contributed by atoms with Crippen molar-refractivity contribution >= 4 is 40.6 Å². The summed E-state index contributed by atoms with van der Waals surface area (Å²) in [6.07, 6.45) is 0. The number of rotatable bonds is 4. The van der Waals surface area contributed by atoms with Gasteiger partial charge in [0, 0.05) is 10.4 Å². The Kier molecular flexibility index (Phi) is 4.54. The van der Waals surface area contributed by atoms with Gasteiger partial charge in [-0.25, -0.2) is 14.6 Å². The van der Waals surface area contributed by atoms with Gasteiger partial charge in [-0.2, -0.15) is 0 Å². The van der Waals surface area contributed by atoms with E-state index in [-0.39, 0.29) is 17.8 Å². The Hall–Kier alpha value is -2.12. The standard InChI is InChI=1S/C12H10ClN3O3S/c13-7-1-2-9(11(17)18)10(3-7)16-12(19)14-4-8-5-20-6-15-8/h1-3,5-6H,4H2,(H,17,18)(H2,14,16,19). The van der Waals surface area contributed by atoms with Crippen LogP contribution >= 0.6 is 22.9 Å². The molecule has 0 spiro atoms. The van der Waals surface area contributed by atoms with Gasteiger partial charge in [-0.3, -0.25) is 0 Å². The van der Waals surface area contributed by atoms with Crippen molar-refractivity contribution in [2.75, 3.05) is 5.32 Å². The van der Waals surface area contributed by atoms with Crippen molar-refractivity contribution in [1.82, 2.24) is 10.3 Å². The van der Waals surface area contributed by atoms with Gasteiger partial charge < -0.3 is 15.7 Å². The number of amides is 2. The smallest absolute Gasteiger partial charge is 0.337 e. The van der Waals surface area contributed by atoms with Crippen LogP contribution in [0.1, 0.15) is 16.1 Å². The number of carbonyl (C=O) groups excluding carboxylic acids is 1. The number of carboxylic acids is 1. The Balaban J connectivity index is 2.03. The molecule has 1 aromatic heterocycles. The number of halogens is 1. The number of nitrogens with zero attached hydrogens (tertiary/aromatic N) is 1. The van der Waals surface area contributed by atoms with E-state index in [0.717, 1.165) is 5.69 Å². The largest absolute Gasteiger partial charge is 0.478 e. The topological polar surface area (TPSA) is 91.3 Å². The minimum Gasteiger partial charge on any atom is -0.478 e. The molecule has 20 heavy (non-hydrogen) atoms. The molecule has 1 heterocycles. The van der Waals surface area contributed by atoms with E-state index in [1.807, 2.05) is 5.38 Å². The van der Waals surface area contributed by atoms with E-state index < -0.39 is 12.0 Å². The van der Waals surface area contributed by atoms with Crippen LogP contribution < -0.4 is 10.6 Å². The van der Waals surface area contributed by atoms with Crippen molar-refractivity contribution in [3.63, 3.8) is 0 Å².